The van der Waals surface area contributed by atoms with Gasteiger partial charge in [-0.25, -0.2) is 57.8 Å². The summed E-state index contributed by atoms with van der Waals surface area (Å²) < 4.78 is 97.5. The Hall–Kier alpha value is -17.1. The van der Waals surface area contributed by atoms with Crippen LogP contribution in [0, 0.1) is 0 Å². The van der Waals surface area contributed by atoms with Gasteiger partial charge >= 0.3 is 36.3 Å². The number of anilines is 4. The maximum Gasteiger partial charge on any atom is 0.507 e. The number of aromatic amines is 4. The number of amides is 8. The number of rotatable bonds is 21. The first kappa shape index (κ1) is 85.5. The number of nitrogens with zero attached hydrogens (tertiary/aromatic N) is 12. The summed E-state index contributed by atoms with van der Waals surface area (Å²) >= 11 is 0. The van der Waals surface area contributed by atoms with E-state index in [0.29, 0.717) is 125 Å². The molecule has 8 aromatic heterocycles. The minimum Gasteiger partial charge on any atom is -0.504 e. The Morgan fingerprint density at radius 2 is 0.729 bits per heavy atom. The Labute approximate surface area is 729 Å². The van der Waals surface area contributed by atoms with Gasteiger partial charge in [-0.15, -0.1) is 0 Å². The molecule has 0 saturated carbocycles. The van der Waals surface area contributed by atoms with E-state index in [2.05, 4.69) is 112 Å². The van der Waals surface area contributed by atoms with Gasteiger partial charge in [-0.2, -0.15) is 38.0 Å². The smallest absolute Gasteiger partial charge is 0.504 e. The summed E-state index contributed by atoms with van der Waals surface area (Å²) in [5, 5.41) is 48.8. The van der Waals surface area contributed by atoms with Gasteiger partial charge in [-0.3, -0.25) is 21.3 Å². The third kappa shape index (κ3) is 19.2. The lowest BCUT2D eigenvalue weighted by molar-refractivity contribution is -0.391. The van der Waals surface area contributed by atoms with E-state index in [1.807, 2.05) is 167 Å². The zero-order valence-corrected chi connectivity index (χ0v) is 69.6. The number of imidazole rings is 4. The first-order valence-electron chi connectivity index (χ1n) is 40.4. The molecule has 10 heterocycles. The molecule has 0 aliphatic carbocycles. The first-order valence-corrected chi connectivity index (χ1v) is 40.4. The number of fused-ring (bicyclic) bond motifs is 6. The van der Waals surface area contributed by atoms with Crippen molar-refractivity contribution >= 4 is 92.1 Å². The molecule has 9 aromatic carbocycles. The highest BCUT2D eigenvalue weighted by Crippen LogP contribution is 2.49. The number of ether oxygens (including phenoxy) is 7. The molecule has 2 aliphatic heterocycles. The number of halogens is 4. The third-order valence-corrected chi connectivity index (χ3v) is 19.8. The van der Waals surface area contributed by atoms with Crippen LogP contribution in [0.3, 0.4) is 0 Å². The Morgan fingerprint density at radius 3 is 1.09 bits per heavy atom. The van der Waals surface area contributed by atoms with Gasteiger partial charge in [-0.1, -0.05) is 54.6 Å². The van der Waals surface area contributed by atoms with E-state index in [1.54, 1.807) is 89.4 Å². The fourth-order valence-electron chi connectivity index (χ4n) is 13.9. The second kappa shape index (κ2) is 37.5. The molecule has 0 atom stereocenters. The Bertz CT molecular complexity index is 6880. The lowest BCUT2D eigenvalue weighted by atomic mass is 10.0. The number of benzene rings is 9. The van der Waals surface area contributed by atoms with E-state index < -0.39 is 29.7 Å². The fourth-order valence-corrected chi connectivity index (χ4v) is 13.9. The van der Waals surface area contributed by atoms with Crippen LogP contribution in [-0.4, -0.2) is 174 Å². The van der Waals surface area contributed by atoms with Crippen LogP contribution in [0.5, 0.6) is 46.0 Å². The number of carbonyl (C=O) groups is 4. The van der Waals surface area contributed by atoms with Crippen LogP contribution in [-0.2, 0) is 6.61 Å². The van der Waals surface area contributed by atoms with Gasteiger partial charge in [0, 0.05) is 75.8 Å². The molecule has 0 bridgehead atoms. The van der Waals surface area contributed by atoms with Crippen molar-refractivity contribution in [2.75, 3.05) is 74.9 Å². The van der Waals surface area contributed by atoms with Gasteiger partial charge in [-0.05, 0) is 199 Å². The van der Waals surface area contributed by atoms with E-state index in [1.165, 1.54) is 23.9 Å². The monoisotopic (exact) mass is 1750 g/mol. The van der Waals surface area contributed by atoms with Crippen LogP contribution >= 0.6 is 0 Å². The highest BCUT2D eigenvalue weighted by atomic mass is 19.3. The van der Waals surface area contributed by atoms with Crippen molar-refractivity contribution in [2.24, 2.45) is 0 Å². The fraction of sp³-hybridized carbons (Fsp3) is 0.169. The van der Waals surface area contributed by atoms with Crippen LogP contribution in [0.4, 0.5) is 60.5 Å². The summed E-state index contributed by atoms with van der Waals surface area (Å²) in [6, 6.07) is 51.6. The van der Waals surface area contributed by atoms with Crippen LogP contribution in [0.2, 0.25) is 0 Å². The second-order valence-electron chi connectivity index (χ2n) is 28.4. The number of aromatic nitrogens is 16. The normalized spacial score (nSPS) is 12.6. The average Bonchev–Trinajstić information content (AvgIpc) is 1.67. The summed E-state index contributed by atoms with van der Waals surface area (Å²) in [5.74, 6) is 3.39. The highest BCUT2D eigenvalue weighted by molar-refractivity contribution is 5.99. The summed E-state index contributed by atoms with van der Waals surface area (Å²) in [6.45, 7) is 10.8. The van der Waals surface area contributed by atoms with Crippen LogP contribution in [0.1, 0.15) is 33.3 Å². The third-order valence-electron chi connectivity index (χ3n) is 19.8. The molecule has 0 unspecified atom stereocenters. The lowest BCUT2D eigenvalue weighted by Gasteiger charge is -2.32. The standard InChI is InChI=1S/C27H26N6O3.C21H16F4N6O3.C21H20N6O3.C20H20N6O3/c1-3-28-27(34)32-26-30-21-14-20(15-22(25(21)31-26)33-13-7-12-29-33)19-10-11-23(35-2)24(16-19)36-17-18-8-5-4-6-9-18;1-2-26-19(32)30-18-28-13-8-12(9-14(17(13)29-18)31-7-3-6-27-31)11-4-5-15-16(10-11)34-21(24,25)20(22,23)33-15;1-2-22-21(28)26-20-24-15-10-14(11-16(19(15)25-20)27-7-3-6-23-27)13-4-5-17-18(12-13)30-9-8-29-17;1-3-21-20(28)25-19-23-14-9-13(12-5-6-17(29-2)16(27)11-12)10-15(18(14)24-19)26-8-4-7-22-26/h4-16H,3,17H2,1-2H3,(H3,28,30,31,32,34);3-10H,2H2,1H3,(H3,26,28,29,30,32);3-7,10-12H,2,8-9H2,1H3,(H3,22,24,25,26,28);4-11,27H,3H2,1-2H3,(H3,21,23,24,25,28). The number of aromatic hydroxyl groups is 1. The molecule has 36 nitrogen and oxygen atoms in total. The van der Waals surface area contributed by atoms with Crippen molar-refractivity contribution < 1.29 is 75.0 Å². The average molecular weight is 1760 g/mol. The molecule has 0 saturated heterocycles. The van der Waals surface area contributed by atoms with Crippen molar-refractivity contribution in [1.82, 2.24) is 100 Å². The topological polar surface area (TPSA) is 435 Å². The molecule has 13 N–H and O–H groups in total. The molecule has 658 valence electrons. The molecule has 40 heteroatoms. The molecular formula is C89H82F4N24O12. The zero-order valence-electron chi connectivity index (χ0n) is 69.6. The summed E-state index contributed by atoms with van der Waals surface area (Å²) in [7, 11) is 3.13. The van der Waals surface area contributed by atoms with Crippen molar-refractivity contribution in [1.29, 1.82) is 0 Å². The van der Waals surface area contributed by atoms with Crippen molar-refractivity contribution in [3.05, 3.63) is 231 Å². The highest BCUT2D eigenvalue weighted by Gasteiger charge is 2.66. The van der Waals surface area contributed by atoms with Gasteiger partial charge in [0.25, 0.3) is 0 Å². The Morgan fingerprint density at radius 1 is 0.388 bits per heavy atom. The summed E-state index contributed by atoms with van der Waals surface area (Å²) in [4.78, 5) is 78.2. The zero-order chi connectivity index (χ0) is 89.9. The van der Waals surface area contributed by atoms with Crippen LogP contribution in [0.15, 0.2) is 225 Å². The number of phenolic OH excluding ortho intramolecular Hbond substituents is 1. The van der Waals surface area contributed by atoms with Crippen molar-refractivity contribution in [2.45, 2.75) is 46.5 Å². The van der Waals surface area contributed by atoms with Gasteiger partial charge in [0.15, 0.2) is 46.0 Å². The number of hydrogen-bond acceptors (Lipinski definition) is 20. The predicted octanol–water partition coefficient (Wildman–Crippen LogP) is 16.3. The van der Waals surface area contributed by atoms with Gasteiger partial charge in [0.2, 0.25) is 23.8 Å². The predicted molar refractivity (Wildman–Crippen MR) is 473 cm³/mol. The maximum atomic E-state index is 13.7. The lowest BCUT2D eigenvalue weighted by Crippen LogP contribution is -2.52. The molecule has 0 radical (unpaired) electrons. The SMILES string of the molecule is CCNC(=O)Nc1nc2c(-n3cccn3)cc(-c3ccc(OC)c(O)c3)cc2[nH]1.CCNC(=O)Nc1nc2c(-n3cccn3)cc(-c3ccc(OC)c(OCc4ccccc4)c3)cc2[nH]1.CCNC(=O)Nc1nc2c(-n3cccn3)cc(-c3ccc4c(c3)OC(F)(F)C(F)(F)O4)cc2[nH]1.CCNC(=O)Nc1nc2c(-n3cccn3)cc(-c3ccc4c(c3)OCCO4)cc2[nH]1. The van der Waals surface area contributed by atoms with Gasteiger partial charge in [0.1, 0.15) is 41.9 Å². The minimum atomic E-state index is -4.83. The van der Waals surface area contributed by atoms with E-state index in [9.17, 15) is 41.8 Å². The van der Waals surface area contributed by atoms with E-state index >= 15 is 0 Å². The molecule has 129 heavy (non-hydrogen) atoms. The van der Waals surface area contributed by atoms with Gasteiger partial charge in [0.05, 0.1) is 59.0 Å². The number of H-pyrrole nitrogens is 4. The van der Waals surface area contributed by atoms with E-state index in [4.69, 9.17) is 23.7 Å². The molecule has 17 aromatic rings. The number of alkyl halides is 4. The number of hydrogen-bond donors (Lipinski definition) is 13. The number of urea groups is 4. The minimum absolute atomic E-state index is 0.0499. The largest absolute Gasteiger partial charge is 0.507 e. The molecule has 0 spiro atoms. The number of methoxy groups -OCH3 is 2. The number of nitrogens with one attached hydrogen (secondary N) is 12. The van der Waals surface area contributed by atoms with E-state index in [-0.39, 0.29) is 29.8 Å². The summed E-state index contributed by atoms with van der Waals surface area (Å²) in [5.41, 5.74) is 15.5. The van der Waals surface area contributed by atoms with Crippen LogP contribution in [0.25, 0.3) is 111 Å². The van der Waals surface area contributed by atoms with Crippen molar-refractivity contribution in [3.63, 3.8) is 0 Å². The van der Waals surface area contributed by atoms with Crippen LogP contribution < -0.4 is 75.7 Å². The second-order valence-corrected chi connectivity index (χ2v) is 28.4. The Balaban J connectivity index is 0.000000127. The molecular weight excluding hydrogens is 1670 g/mol. The van der Waals surface area contributed by atoms with E-state index in [0.717, 1.165) is 90.1 Å². The molecule has 0 fully saturated rings. The van der Waals surface area contributed by atoms with Gasteiger partial charge < -0.3 is 79.5 Å². The molecule has 19 rings (SSSR count). The number of carbonyl (C=O) groups excluding carboxylic acids is 4. The summed E-state index contributed by atoms with van der Waals surface area (Å²) in [6.07, 6.45) is 4.24. The number of phenols is 1. The molecule has 8 amide bonds. The Kier molecular flexibility index (Phi) is 24.9. The van der Waals surface area contributed by atoms with Crippen molar-refractivity contribution in [3.8, 4) is 113 Å². The quantitative estimate of drug-likeness (QED) is 0.0297. The molecule has 2 aliphatic rings. The first-order chi connectivity index (χ1) is 62.6. The maximum absolute atomic E-state index is 13.7.